The maximum Gasteiger partial charge on any atom is 0.296 e. The van der Waals surface area contributed by atoms with Gasteiger partial charge in [0, 0.05) is 31.7 Å². The first kappa shape index (κ1) is 26.3. The third-order valence-corrected chi connectivity index (χ3v) is 9.75. The molecule has 6 rings (SSSR count). The van der Waals surface area contributed by atoms with Crippen LogP contribution in [-0.4, -0.2) is 72.1 Å². The number of hydrogen-bond acceptors (Lipinski definition) is 8. The lowest BCUT2D eigenvalue weighted by atomic mass is 9.86. The lowest BCUT2D eigenvalue weighted by Gasteiger charge is -2.30. The first-order valence-electron chi connectivity index (χ1n) is 13.6. The molecule has 13 heteroatoms. The van der Waals surface area contributed by atoms with E-state index in [4.69, 9.17) is 9.72 Å². The van der Waals surface area contributed by atoms with Crippen LogP contribution in [0.1, 0.15) is 50.8 Å². The Hall–Kier alpha value is -2.90. The number of benzene rings is 1. The number of nitrogens with zero attached hydrogens (tertiary/aromatic N) is 5. The van der Waals surface area contributed by atoms with E-state index in [9.17, 15) is 17.2 Å². The number of anilines is 2. The van der Waals surface area contributed by atoms with Crippen LogP contribution < -0.4 is 14.9 Å². The van der Waals surface area contributed by atoms with Crippen molar-refractivity contribution in [3.8, 4) is 5.82 Å². The smallest absolute Gasteiger partial charge is 0.296 e. The molecular formula is C26H33F2N7O3S. The molecule has 3 aromatic rings. The molecule has 1 aliphatic heterocycles. The summed E-state index contributed by atoms with van der Waals surface area (Å²) in [5.74, 6) is 1.30. The van der Waals surface area contributed by atoms with Crippen LogP contribution >= 0.6 is 0 Å². The number of para-hydroxylation sites is 2. The first-order chi connectivity index (χ1) is 18.9. The standard InChI is InChI=1S/C26H33F2N7O3S/c27-24(28)25-30-20-3-1-2-4-21(20)35(25)23-15-22(34-11-13-38-14-12-34)31-26(32-23)29-16-17-5-7-18(8-6-17)33-39(36,37)19-9-10-19/h1-4,15,17-19,24,33H,5-14,16H2,(H,29,31,32)/t17-,18-. The lowest BCUT2D eigenvalue weighted by molar-refractivity contribution is 0.122. The third kappa shape index (κ3) is 5.85. The van der Waals surface area contributed by atoms with Crippen molar-refractivity contribution in [2.45, 2.75) is 56.2 Å². The molecule has 2 aromatic heterocycles. The van der Waals surface area contributed by atoms with Crippen LogP contribution in [0.25, 0.3) is 16.9 Å². The maximum atomic E-state index is 14.1. The Kier molecular flexibility index (Phi) is 7.38. The molecule has 2 aliphatic carbocycles. The van der Waals surface area contributed by atoms with Crippen LogP contribution in [0.4, 0.5) is 20.5 Å². The Morgan fingerprint density at radius 1 is 0.974 bits per heavy atom. The molecule has 210 valence electrons. The highest BCUT2D eigenvalue weighted by Gasteiger charge is 2.37. The second kappa shape index (κ2) is 10.9. The zero-order valence-electron chi connectivity index (χ0n) is 21.6. The van der Waals surface area contributed by atoms with Gasteiger partial charge in [-0.2, -0.15) is 9.97 Å². The molecule has 10 nitrogen and oxygen atoms in total. The summed E-state index contributed by atoms with van der Waals surface area (Å²) in [4.78, 5) is 15.6. The van der Waals surface area contributed by atoms with Crippen LogP contribution in [0, 0.1) is 5.92 Å². The van der Waals surface area contributed by atoms with E-state index in [0.717, 1.165) is 38.5 Å². The van der Waals surface area contributed by atoms with E-state index in [1.807, 2.05) is 0 Å². The number of rotatable bonds is 9. The maximum absolute atomic E-state index is 14.1. The number of alkyl halides is 2. The molecule has 0 radical (unpaired) electrons. The van der Waals surface area contributed by atoms with Crippen molar-refractivity contribution >= 4 is 32.8 Å². The second-order valence-electron chi connectivity index (χ2n) is 10.6. The number of halogens is 2. The average Bonchev–Trinajstić information content (AvgIpc) is 3.74. The fraction of sp³-hybridized carbons (Fsp3) is 0.577. The van der Waals surface area contributed by atoms with Gasteiger partial charge in [0.15, 0.2) is 5.82 Å². The van der Waals surface area contributed by atoms with Crippen LogP contribution in [0.5, 0.6) is 0 Å². The van der Waals surface area contributed by atoms with E-state index in [-0.39, 0.29) is 17.1 Å². The summed E-state index contributed by atoms with van der Waals surface area (Å²) >= 11 is 0. The monoisotopic (exact) mass is 561 g/mol. The van der Waals surface area contributed by atoms with Crippen LogP contribution in [0.2, 0.25) is 0 Å². The lowest BCUT2D eigenvalue weighted by Crippen LogP contribution is -2.40. The number of hydrogen-bond donors (Lipinski definition) is 2. The Balaban J connectivity index is 1.22. The highest BCUT2D eigenvalue weighted by molar-refractivity contribution is 7.90. The molecule has 2 N–H and O–H groups in total. The van der Waals surface area contributed by atoms with Crippen LogP contribution in [-0.2, 0) is 14.8 Å². The fourth-order valence-electron chi connectivity index (χ4n) is 5.43. The Labute approximate surface area is 226 Å². The van der Waals surface area contributed by atoms with Crippen molar-refractivity contribution < 1.29 is 21.9 Å². The van der Waals surface area contributed by atoms with Gasteiger partial charge in [0.1, 0.15) is 11.6 Å². The average molecular weight is 562 g/mol. The van der Waals surface area contributed by atoms with Gasteiger partial charge in [-0.15, -0.1) is 0 Å². The molecular weight excluding hydrogens is 528 g/mol. The molecule has 1 aromatic carbocycles. The number of morpholine rings is 1. The Bertz CT molecular complexity index is 1420. The highest BCUT2D eigenvalue weighted by atomic mass is 32.2. The van der Waals surface area contributed by atoms with E-state index in [1.165, 1.54) is 4.57 Å². The van der Waals surface area contributed by atoms with Crippen molar-refractivity contribution in [1.82, 2.24) is 24.2 Å². The minimum atomic E-state index is -3.19. The number of ether oxygens (including phenoxy) is 1. The minimum absolute atomic E-state index is 0.0124. The molecule has 0 amide bonds. The van der Waals surface area contributed by atoms with Gasteiger partial charge in [0.25, 0.3) is 6.43 Å². The van der Waals surface area contributed by atoms with Gasteiger partial charge in [0.2, 0.25) is 16.0 Å². The van der Waals surface area contributed by atoms with Gasteiger partial charge in [0.05, 0.1) is 29.5 Å². The van der Waals surface area contributed by atoms with E-state index in [1.54, 1.807) is 30.3 Å². The number of fused-ring (bicyclic) bond motifs is 1. The number of imidazole rings is 1. The molecule has 3 heterocycles. The number of nitrogens with one attached hydrogen (secondary N) is 2. The summed E-state index contributed by atoms with van der Waals surface area (Å²) < 4.78 is 62.5. The molecule has 1 saturated heterocycles. The zero-order valence-corrected chi connectivity index (χ0v) is 22.4. The molecule has 0 unspecified atom stereocenters. The molecule has 39 heavy (non-hydrogen) atoms. The Morgan fingerprint density at radius 2 is 1.69 bits per heavy atom. The number of sulfonamides is 1. The first-order valence-corrected chi connectivity index (χ1v) is 15.1. The van der Waals surface area contributed by atoms with E-state index in [0.29, 0.717) is 67.4 Å². The second-order valence-corrected chi connectivity index (χ2v) is 12.6. The summed E-state index contributed by atoms with van der Waals surface area (Å²) in [5, 5.41) is 3.14. The molecule has 0 bridgehead atoms. The summed E-state index contributed by atoms with van der Waals surface area (Å²) in [5.41, 5.74) is 1.03. The SMILES string of the molecule is O=S(=O)(N[C@H]1CC[C@H](CNc2nc(N3CCOCC3)cc(-n3c(C(F)F)nc4ccccc43)n2)CC1)C1CC1. The molecule has 0 atom stereocenters. The molecule has 0 spiro atoms. The quantitative estimate of drug-likeness (QED) is 0.407. The minimum Gasteiger partial charge on any atom is -0.378 e. The Morgan fingerprint density at radius 3 is 2.41 bits per heavy atom. The molecule has 3 aliphatic rings. The van der Waals surface area contributed by atoms with Gasteiger partial charge in [-0.05, 0) is 56.6 Å². The van der Waals surface area contributed by atoms with E-state index >= 15 is 0 Å². The van der Waals surface area contributed by atoms with Crippen molar-refractivity contribution in [1.29, 1.82) is 0 Å². The molecule has 2 saturated carbocycles. The van der Waals surface area contributed by atoms with Crippen LogP contribution in [0.3, 0.4) is 0 Å². The summed E-state index contributed by atoms with van der Waals surface area (Å²) in [6.45, 7) is 3.02. The van der Waals surface area contributed by atoms with Crippen molar-refractivity contribution in [3.63, 3.8) is 0 Å². The fourth-order valence-corrected chi connectivity index (χ4v) is 7.08. The summed E-state index contributed by atoms with van der Waals surface area (Å²) in [7, 11) is -3.19. The summed E-state index contributed by atoms with van der Waals surface area (Å²) in [6.07, 6.45) is 2.07. The number of aromatic nitrogens is 4. The van der Waals surface area contributed by atoms with Gasteiger partial charge in [-0.25, -0.2) is 26.9 Å². The topological polar surface area (TPSA) is 114 Å². The normalized spacial score (nSPS) is 22.5. The van der Waals surface area contributed by atoms with Gasteiger partial charge in [-0.1, -0.05) is 12.1 Å². The van der Waals surface area contributed by atoms with Gasteiger partial charge >= 0.3 is 0 Å². The van der Waals surface area contributed by atoms with Crippen LogP contribution in [0.15, 0.2) is 30.3 Å². The van der Waals surface area contributed by atoms with Gasteiger partial charge in [-0.3, -0.25) is 4.57 Å². The predicted octanol–water partition coefficient (Wildman–Crippen LogP) is 3.64. The van der Waals surface area contributed by atoms with Crippen molar-refractivity contribution in [3.05, 3.63) is 36.2 Å². The largest absolute Gasteiger partial charge is 0.378 e. The van der Waals surface area contributed by atoms with Gasteiger partial charge < -0.3 is 15.0 Å². The van der Waals surface area contributed by atoms with E-state index in [2.05, 4.69) is 24.9 Å². The summed E-state index contributed by atoms with van der Waals surface area (Å²) in [6, 6.07) is 8.75. The molecule has 3 fully saturated rings. The predicted molar refractivity (Wildman–Crippen MR) is 144 cm³/mol. The third-order valence-electron chi connectivity index (χ3n) is 7.73. The van der Waals surface area contributed by atoms with E-state index < -0.39 is 16.4 Å². The zero-order chi connectivity index (χ0) is 27.0. The highest BCUT2D eigenvalue weighted by Crippen LogP contribution is 2.32. The van der Waals surface area contributed by atoms with Crippen molar-refractivity contribution in [2.24, 2.45) is 5.92 Å². The van der Waals surface area contributed by atoms with Crippen molar-refractivity contribution in [2.75, 3.05) is 43.1 Å².